The average molecular weight is 296 g/mol. The van der Waals surface area contributed by atoms with Crippen LogP contribution in [0.25, 0.3) is 0 Å². The van der Waals surface area contributed by atoms with Gasteiger partial charge in [0.2, 0.25) is 5.91 Å². The molecule has 1 saturated heterocycles. The molecule has 1 aromatic carbocycles. The van der Waals surface area contributed by atoms with Gasteiger partial charge in [0.25, 0.3) is 0 Å². The van der Waals surface area contributed by atoms with Crippen molar-refractivity contribution in [3.8, 4) is 0 Å². The van der Waals surface area contributed by atoms with Gasteiger partial charge in [0.15, 0.2) is 0 Å². The molecule has 0 radical (unpaired) electrons. The Morgan fingerprint density at radius 1 is 1.40 bits per heavy atom. The number of halogens is 1. The van der Waals surface area contributed by atoms with Crippen molar-refractivity contribution >= 4 is 23.5 Å². The number of rotatable bonds is 4. The van der Waals surface area contributed by atoms with Gasteiger partial charge < -0.3 is 10.0 Å². The van der Waals surface area contributed by atoms with Crippen molar-refractivity contribution in [1.82, 2.24) is 4.90 Å². The van der Waals surface area contributed by atoms with Crippen LogP contribution in [0.4, 0.5) is 0 Å². The number of carbonyl (C=O) groups excluding carboxylic acids is 1. The second kappa shape index (κ2) is 5.83. The topological polar surface area (TPSA) is 57.6 Å². The van der Waals surface area contributed by atoms with E-state index in [1.807, 2.05) is 13.8 Å². The third-order valence-electron chi connectivity index (χ3n) is 3.52. The van der Waals surface area contributed by atoms with Crippen molar-refractivity contribution in [3.63, 3.8) is 0 Å². The van der Waals surface area contributed by atoms with Gasteiger partial charge in [0.05, 0.1) is 12.0 Å². The molecule has 1 aromatic rings. The molecule has 1 heterocycles. The van der Waals surface area contributed by atoms with E-state index in [1.165, 1.54) is 0 Å². The molecule has 1 fully saturated rings. The summed E-state index contributed by atoms with van der Waals surface area (Å²) >= 11 is 5.87. The highest BCUT2D eigenvalue weighted by atomic mass is 35.5. The Kier molecular flexibility index (Phi) is 4.33. The number of aliphatic carboxylic acids is 1. The molecule has 1 aliphatic rings. The molecule has 0 bridgehead atoms. The van der Waals surface area contributed by atoms with Crippen LogP contribution < -0.4 is 0 Å². The van der Waals surface area contributed by atoms with Gasteiger partial charge in [0.1, 0.15) is 0 Å². The minimum atomic E-state index is -0.926. The number of hydrogen-bond donors (Lipinski definition) is 1. The number of carboxylic acids is 1. The minimum Gasteiger partial charge on any atom is -0.481 e. The van der Waals surface area contributed by atoms with Crippen LogP contribution >= 0.6 is 11.6 Å². The summed E-state index contributed by atoms with van der Waals surface area (Å²) in [4.78, 5) is 25.2. The van der Waals surface area contributed by atoms with Crippen molar-refractivity contribution in [2.45, 2.75) is 26.3 Å². The summed E-state index contributed by atoms with van der Waals surface area (Å²) < 4.78 is 0. The first-order valence-corrected chi connectivity index (χ1v) is 7.05. The summed E-state index contributed by atoms with van der Waals surface area (Å²) in [5, 5.41) is 9.96. The molecule has 108 valence electrons. The molecule has 4 nitrogen and oxygen atoms in total. The zero-order valence-electron chi connectivity index (χ0n) is 11.5. The van der Waals surface area contributed by atoms with Crippen molar-refractivity contribution < 1.29 is 14.7 Å². The Bertz CT molecular complexity index is 512. The number of carbonyl (C=O) groups is 2. The second-order valence-electron chi connectivity index (χ2n) is 5.59. The molecule has 20 heavy (non-hydrogen) atoms. The lowest BCUT2D eigenvalue weighted by Crippen LogP contribution is -2.33. The van der Waals surface area contributed by atoms with Gasteiger partial charge >= 0.3 is 5.97 Å². The molecule has 0 spiro atoms. The lowest BCUT2D eigenvalue weighted by atomic mass is 9.93. The van der Waals surface area contributed by atoms with Crippen LogP contribution in [0, 0.1) is 11.8 Å². The van der Waals surface area contributed by atoms with Crippen LogP contribution in [0.2, 0.25) is 5.02 Å². The fraction of sp³-hybridized carbons (Fsp3) is 0.467. The Balaban J connectivity index is 2.37. The Morgan fingerprint density at radius 2 is 2.00 bits per heavy atom. The lowest BCUT2D eigenvalue weighted by molar-refractivity contribution is -0.142. The molecule has 2 rings (SSSR count). The first-order chi connectivity index (χ1) is 9.40. The normalized spacial score (nSPS) is 22.6. The van der Waals surface area contributed by atoms with E-state index in [4.69, 9.17) is 11.6 Å². The van der Waals surface area contributed by atoms with Crippen LogP contribution in [0.5, 0.6) is 0 Å². The highest BCUT2D eigenvalue weighted by Gasteiger charge is 2.44. The van der Waals surface area contributed by atoms with Crippen LogP contribution in [-0.4, -0.2) is 28.4 Å². The number of nitrogens with zero attached hydrogens (tertiary/aromatic N) is 1. The monoisotopic (exact) mass is 295 g/mol. The number of carboxylic acid groups (broad SMARTS) is 1. The summed E-state index contributed by atoms with van der Waals surface area (Å²) in [6.45, 7) is 4.59. The fourth-order valence-electron chi connectivity index (χ4n) is 2.69. The van der Waals surface area contributed by atoms with Gasteiger partial charge in [-0.15, -0.1) is 0 Å². The van der Waals surface area contributed by atoms with E-state index in [0.717, 1.165) is 5.56 Å². The van der Waals surface area contributed by atoms with Gasteiger partial charge in [0, 0.05) is 18.0 Å². The summed E-state index contributed by atoms with van der Waals surface area (Å²) in [5.74, 6) is -1.42. The predicted molar refractivity (Wildman–Crippen MR) is 76.5 cm³/mol. The second-order valence-corrected chi connectivity index (χ2v) is 6.02. The van der Waals surface area contributed by atoms with E-state index in [0.29, 0.717) is 17.5 Å². The molecular formula is C15H18ClNO3. The maximum Gasteiger partial charge on any atom is 0.309 e. The maximum atomic E-state index is 12.1. The summed E-state index contributed by atoms with van der Waals surface area (Å²) in [6, 6.07) is 6.65. The molecule has 5 heteroatoms. The SMILES string of the molecule is CC(C)CN1C(=O)CC(C(=O)O)C1c1ccc(Cl)cc1. The third kappa shape index (κ3) is 2.96. The zero-order chi connectivity index (χ0) is 14.9. The van der Waals surface area contributed by atoms with Crippen molar-refractivity contribution in [1.29, 1.82) is 0 Å². The average Bonchev–Trinajstić information content (AvgIpc) is 2.68. The van der Waals surface area contributed by atoms with Gasteiger partial charge in [-0.2, -0.15) is 0 Å². The van der Waals surface area contributed by atoms with E-state index in [1.54, 1.807) is 29.2 Å². The molecule has 0 aliphatic carbocycles. The molecule has 1 N–H and O–H groups in total. The van der Waals surface area contributed by atoms with Gasteiger partial charge in [-0.1, -0.05) is 37.6 Å². The predicted octanol–water partition coefficient (Wildman–Crippen LogP) is 2.97. The summed E-state index contributed by atoms with van der Waals surface area (Å²) in [6.07, 6.45) is 0.0648. The van der Waals surface area contributed by atoms with E-state index < -0.39 is 17.9 Å². The van der Waals surface area contributed by atoms with E-state index in [2.05, 4.69) is 0 Å². The standard InChI is InChI=1S/C15H18ClNO3/c1-9(2)8-17-13(18)7-12(15(19)20)14(17)10-3-5-11(16)6-4-10/h3-6,9,12,14H,7-8H2,1-2H3,(H,19,20). The number of benzene rings is 1. The Morgan fingerprint density at radius 3 is 2.50 bits per heavy atom. The summed E-state index contributed by atoms with van der Waals surface area (Å²) in [7, 11) is 0. The van der Waals surface area contributed by atoms with Gasteiger partial charge in [-0.3, -0.25) is 9.59 Å². The highest BCUT2D eigenvalue weighted by Crippen LogP contribution is 2.39. The van der Waals surface area contributed by atoms with Crippen LogP contribution in [0.15, 0.2) is 24.3 Å². The first kappa shape index (κ1) is 14.9. The third-order valence-corrected chi connectivity index (χ3v) is 3.77. The van der Waals surface area contributed by atoms with E-state index in [-0.39, 0.29) is 12.3 Å². The highest BCUT2D eigenvalue weighted by molar-refractivity contribution is 6.30. The quantitative estimate of drug-likeness (QED) is 0.929. The van der Waals surface area contributed by atoms with E-state index in [9.17, 15) is 14.7 Å². The molecule has 1 aliphatic heterocycles. The zero-order valence-corrected chi connectivity index (χ0v) is 12.3. The van der Waals surface area contributed by atoms with Crippen LogP contribution in [0.1, 0.15) is 31.9 Å². The molecule has 1 amide bonds. The molecule has 0 aromatic heterocycles. The van der Waals surface area contributed by atoms with Gasteiger partial charge in [-0.05, 0) is 23.6 Å². The number of amides is 1. The Hall–Kier alpha value is -1.55. The fourth-order valence-corrected chi connectivity index (χ4v) is 2.82. The molecule has 2 atom stereocenters. The Labute approximate surface area is 123 Å². The lowest BCUT2D eigenvalue weighted by Gasteiger charge is -2.28. The first-order valence-electron chi connectivity index (χ1n) is 6.68. The van der Waals surface area contributed by atoms with Crippen LogP contribution in [0.3, 0.4) is 0 Å². The van der Waals surface area contributed by atoms with Crippen LogP contribution in [-0.2, 0) is 9.59 Å². The summed E-state index contributed by atoms with van der Waals surface area (Å²) in [5.41, 5.74) is 0.827. The number of likely N-dealkylation sites (tertiary alicyclic amines) is 1. The molecular weight excluding hydrogens is 278 g/mol. The molecule has 0 saturated carbocycles. The van der Waals surface area contributed by atoms with E-state index >= 15 is 0 Å². The number of hydrogen-bond acceptors (Lipinski definition) is 2. The maximum absolute atomic E-state index is 12.1. The largest absolute Gasteiger partial charge is 0.481 e. The minimum absolute atomic E-state index is 0.0648. The van der Waals surface area contributed by atoms with Crippen molar-refractivity contribution in [3.05, 3.63) is 34.9 Å². The van der Waals surface area contributed by atoms with Crippen molar-refractivity contribution in [2.75, 3.05) is 6.54 Å². The smallest absolute Gasteiger partial charge is 0.309 e. The molecule has 2 unspecified atom stereocenters. The van der Waals surface area contributed by atoms with Gasteiger partial charge in [-0.25, -0.2) is 0 Å². The van der Waals surface area contributed by atoms with Crippen molar-refractivity contribution in [2.24, 2.45) is 11.8 Å².